The number of nitrogens with two attached hydrogens (primary N) is 1. The smallest absolute Gasteiger partial charge is 0.305 e. The van der Waals surface area contributed by atoms with Gasteiger partial charge >= 0.3 is 5.97 Å². The Balaban J connectivity index is 1.57. The summed E-state index contributed by atoms with van der Waals surface area (Å²) in [5, 5.41) is 12.9. The normalized spacial score (nSPS) is 14.7. The molecule has 14 heteroatoms. The number of rotatable bonds is 15. The van der Waals surface area contributed by atoms with Crippen LogP contribution in [0.1, 0.15) is 54.4 Å². The van der Waals surface area contributed by atoms with E-state index in [4.69, 9.17) is 26.8 Å². The van der Waals surface area contributed by atoms with E-state index in [1.807, 2.05) is 11.0 Å². The van der Waals surface area contributed by atoms with Gasteiger partial charge in [0.15, 0.2) is 0 Å². The molecule has 1 aliphatic heterocycles. The fourth-order valence-corrected chi connectivity index (χ4v) is 4.33. The second-order valence-corrected chi connectivity index (χ2v) is 9.07. The van der Waals surface area contributed by atoms with Gasteiger partial charge in [0, 0.05) is 25.7 Å². The maximum atomic E-state index is 12.2. The van der Waals surface area contributed by atoms with Crippen molar-refractivity contribution in [3.8, 4) is 5.75 Å². The van der Waals surface area contributed by atoms with E-state index in [0.29, 0.717) is 49.1 Å². The highest BCUT2D eigenvalue weighted by molar-refractivity contribution is 6.32. The Morgan fingerprint density at radius 2 is 2.13 bits per heavy atom. The third-order valence-corrected chi connectivity index (χ3v) is 6.31. The van der Waals surface area contributed by atoms with Crippen LogP contribution in [0.25, 0.3) is 0 Å². The first-order chi connectivity index (χ1) is 18.3. The van der Waals surface area contributed by atoms with E-state index < -0.39 is 11.0 Å². The second-order valence-electron chi connectivity index (χ2n) is 8.66. The van der Waals surface area contributed by atoms with Crippen molar-refractivity contribution in [2.45, 2.75) is 51.1 Å². The number of aromatic nitrogens is 2. The molecule has 1 fully saturated rings. The van der Waals surface area contributed by atoms with Crippen molar-refractivity contribution in [1.82, 2.24) is 9.97 Å². The fourth-order valence-electron chi connectivity index (χ4n) is 4.05. The molecule has 3 rings (SSSR count). The minimum absolute atomic E-state index is 0.0122. The maximum absolute atomic E-state index is 12.2. The number of amides is 1. The Morgan fingerprint density at radius 1 is 1.32 bits per heavy atom. The third kappa shape index (κ3) is 8.33. The lowest BCUT2D eigenvalue weighted by atomic mass is 10.2. The average molecular weight is 551 g/mol. The van der Waals surface area contributed by atoms with E-state index in [-0.39, 0.29) is 43.0 Å². The first-order valence-corrected chi connectivity index (χ1v) is 12.6. The topological polar surface area (TPSA) is 172 Å². The molecule has 1 atom stereocenters. The fraction of sp³-hybridized carbons (Fsp3) is 0.500. The molecule has 0 spiro atoms. The Bertz CT molecular complexity index is 1140. The van der Waals surface area contributed by atoms with Crippen LogP contribution in [-0.2, 0) is 20.9 Å². The highest BCUT2D eigenvalue weighted by atomic mass is 35.5. The lowest BCUT2D eigenvalue weighted by molar-refractivity contribution is -0.757. The monoisotopic (exact) mass is 550 g/mol. The molecule has 0 bridgehead atoms. The van der Waals surface area contributed by atoms with Gasteiger partial charge in [0.05, 0.1) is 30.3 Å². The number of carbonyl (C=O) groups excluding carboxylic acids is 2. The molecule has 13 nitrogen and oxygen atoms in total. The number of ether oxygens (including phenoxy) is 2. The van der Waals surface area contributed by atoms with Gasteiger partial charge < -0.3 is 30.3 Å². The Morgan fingerprint density at radius 3 is 2.84 bits per heavy atom. The number of benzene rings is 1. The second kappa shape index (κ2) is 14.2. The summed E-state index contributed by atoms with van der Waals surface area (Å²) in [6.07, 6.45) is 4.94. The van der Waals surface area contributed by atoms with Crippen molar-refractivity contribution in [2.24, 2.45) is 5.73 Å². The first-order valence-electron chi connectivity index (χ1n) is 12.2. The predicted molar refractivity (Wildman–Crippen MR) is 139 cm³/mol. The summed E-state index contributed by atoms with van der Waals surface area (Å²) in [7, 11) is 1.54. The SMILES string of the molecule is COc1ccc(CNc2nc(N3CCC[C@H]3COC(=O)CCCCCO[N+](=O)[O-])ncc2C(N)=O)cc1Cl. The van der Waals surface area contributed by atoms with Crippen LogP contribution in [0.3, 0.4) is 0 Å². The zero-order valence-electron chi connectivity index (χ0n) is 21.1. The zero-order valence-corrected chi connectivity index (χ0v) is 21.8. The van der Waals surface area contributed by atoms with Crippen molar-refractivity contribution in [1.29, 1.82) is 0 Å². The maximum Gasteiger partial charge on any atom is 0.305 e. The molecule has 0 aliphatic carbocycles. The standard InChI is InChI=1S/C24H31ClN6O7/c1-36-20-9-8-16(12-19(20)25)13-27-23-18(22(26)33)14-28-24(29-23)30-10-5-6-17(30)15-37-21(32)7-3-2-4-11-38-31(34)35/h8-9,12,14,17H,2-7,10-11,13,15H2,1H3,(H2,26,33)(H,27,28,29)/t17-/m0/s1. The summed E-state index contributed by atoms with van der Waals surface area (Å²) in [4.78, 5) is 49.4. The summed E-state index contributed by atoms with van der Waals surface area (Å²) in [6, 6.07) is 5.24. The van der Waals surface area contributed by atoms with Gasteiger partial charge in [0.2, 0.25) is 5.95 Å². The number of hydrogen-bond acceptors (Lipinski definition) is 11. The van der Waals surface area contributed by atoms with Crippen LogP contribution in [0.5, 0.6) is 5.75 Å². The van der Waals surface area contributed by atoms with Crippen molar-refractivity contribution >= 4 is 35.2 Å². The van der Waals surface area contributed by atoms with Crippen LogP contribution >= 0.6 is 11.6 Å². The van der Waals surface area contributed by atoms with Crippen molar-refractivity contribution in [3.05, 3.63) is 50.7 Å². The summed E-state index contributed by atoms with van der Waals surface area (Å²) >= 11 is 6.21. The molecule has 1 aromatic heterocycles. The van der Waals surface area contributed by atoms with Gasteiger partial charge in [-0.25, -0.2) is 4.98 Å². The number of esters is 1. The van der Waals surface area contributed by atoms with Gasteiger partial charge in [-0.15, -0.1) is 10.1 Å². The van der Waals surface area contributed by atoms with Gasteiger partial charge in [0.25, 0.3) is 11.0 Å². The number of unbranched alkanes of at least 4 members (excludes halogenated alkanes) is 2. The molecule has 1 amide bonds. The van der Waals surface area contributed by atoms with Crippen LogP contribution in [0.15, 0.2) is 24.4 Å². The lowest BCUT2D eigenvalue weighted by Gasteiger charge is -2.25. The quantitative estimate of drug-likeness (QED) is 0.144. The number of methoxy groups -OCH3 is 1. The van der Waals surface area contributed by atoms with Gasteiger partial charge in [-0.05, 0) is 43.4 Å². The first kappa shape index (κ1) is 28.7. The lowest BCUT2D eigenvalue weighted by Crippen LogP contribution is -2.35. The summed E-state index contributed by atoms with van der Waals surface area (Å²) in [5.74, 6) is 0.245. The molecule has 3 N–H and O–H groups in total. The van der Waals surface area contributed by atoms with Crippen molar-refractivity contribution in [2.75, 3.05) is 37.1 Å². The minimum Gasteiger partial charge on any atom is -0.495 e. The van der Waals surface area contributed by atoms with Crippen LogP contribution < -0.4 is 20.7 Å². The number of carbonyl (C=O) groups is 2. The summed E-state index contributed by atoms with van der Waals surface area (Å²) in [5.41, 5.74) is 6.53. The molecular weight excluding hydrogens is 520 g/mol. The number of anilines is 2. The van der Waals surface area contributed by atoms with Crippen LogP contribution in [0.2, 0.25) is 5.02 Å². The van der Waals surface area contributed by atoms with Gasteiger partial charge in [-0.2, -0.15) is 4.98 Å². The van der Waals surface area contributed by atoms with E-state index in [1.165, 1.54) is 13.3 Å². The molecule has 206 valence electrons. The number of primary amides is 1. The predicted octanol–water partition coefficient (Wildman–Crippen LogP) is 3.13. The molecule has 2 heterocycles. The minimum atomic E-state index is -0.831. The Labute approximate surface area is 224 Å². The van der Waals surface area contributed by atoms with Crippen LogP contribution in [0, 0.1) is 10.1 Å². The Kier molecular flexibility index (Phi) is 10.7. The molecule has 1 aromatic carbocycles. The molecule has 1 saturated heterocycles. The number of nitrogens with zero attached hydrogens (tertiary/aromatic N) is 4. The highest BCUT2D eigenvalue weighted by Gasteiger charge is 2.29. The van der Waals surface area contributed by atoms with Gasteiger partial charge in [-0.3, -0.25) is 9.59 Å². The molecule has 0 unspecified atom stereocenters. The third-order valence-electron chi connectivity index (χ3n) is 6.01. The van der Waals surface area contributed by atoms with Gasteiger partial charge in [-0.1, -0.05) is 24.1 Å². The summed E-state index contributed by atoms with van der Waals surface area (Å²) in [6.45, 7) is 1.19. The van der Waals surface area contributed by atoms with Gasteiger partial charge in [0.1, 0.15) is 18.2 Å². The highest BCUT2D eigenvalue weighted by Crippen LogP contribution is 2.27. The largest absolute Gasteiger partial charge is 0.495 e. The van der Waals surface area contributed by atoms with Crippen LogP contribution in [-0.4, -0.2) is 59.8 Å². The molecule has 0 radical (unpaired) electrons. The number of halogens is 1. The van der Waals surface area contributed by atoms with Crippen molar-refractivity contribution in [3.63, 3.8) is 0 Å². The Hall–Kier alpha value is -3.87. The van der Waals surface area contributed by atoms with E-state index in [1.54, 1.807) is 12.1 Å². The van der Waals surface area contributed by atoms with E-state index >= 15 is 0 Å². The molecule has 1 aliphatic rings. The summed E-state index contributed by atoms with van der Waals surface area (Å²) < 4.78 is 10.6. The molecule has 0 saturated carbocycles. The molecular formula is C24H31ClN6O7. The number of hydrogen-bond donors (Lipinski definition) is 2. The molecule has 38 heavy (non-hydrogen) atoms. The van der Waals surface area contributed by atoms with E-state index in [0.717, 1.165) is 18.4 Å². The van der Waals surface area contributed by atoms with Crippen LogP contribution in [0.4, 0.5) is 11.8 Å². The molecule has 2 aromatic rings. The zero-order chi connectivity index (χ0) is 27.5. The number of nitrogens with one attached hydrogen (secondary N) is 1. The average Bonchev–Trinajstić information content (AvgIpc) is 3.36. The van der Waals surface area contributed by atoms with Crippen molar-refractivity contribution < 1.29 is 29.0 Å². The van der Waals surface area contributed by atoms with E-state index in [9.17, 15) is 19.7 Å². The van der Waals surface area contributed by atoms with E-state index in [2.05, 4.69) is 20.1 Å².